The molecule has 0 spiro atoms. The lowest BCUT2D eigenvalue weighted by Gasteiger charge is -2.04. The quantitative estimate of drug-likeness (QED) is 0.509. The average molecular weight is 417 g/mol. The number of aryl methyl sites for hydroxylation is 3. The number of benzene rings is 2. The van der Waals surface area contributed by atoms with Crippen LogP contribution in [0.1, 0.15) is 43.6 Å². The van der Waals surface area contributed by atoms with Crippen LogP contribution in [0.3, 0.4) is 0 Å². The smallest absolute Gasteiger partial charge is 0.272 e. The third kappa shape index (κ3) is 3.75. The number of amides is 1. The van der Waals surface area contributed by atoms with E-state index in [1.54, 1.807) is 11.3 Å². The molecule has 30 heavy (non-hydrogen) atoms. The van der Waals surface area contributed by atoms with Gasteiger partial charge in [0.25, 0.3) is 5.91 Å². The Morgan fingerprint density at radius 2 is 1.97 bits per heavy atom. The van der Waals surface area contributed by atoms with Crippen LogP contribution < -0.4 is 5.32 Å². The highest BCUT2D eigenvalue weighted by Gasteiger charge is 2.19. The van der Waals surface area contributed by atoms with E-state index in [0.717, 1.165) is 40.7 Å². The number of nitrogens with one attached hydrogen (secondary N) is 1. The molecule has 6 heteroatoms. The predicted molar refractivity (Wildman–Crippen MR) is 120 cm³/mol. The standard InChI is InChI=1S/C24H24N4OS/c1-16-9-11-17(12-10-16)15-28-20-7-3-2-5-18(20)23(27-28)24(29)25-14-13-22-26-19-6-4-8-21(19)30-22/h2-3,5,7,9-12H,4,6,8,13-15H2,1H3,(H,25,29). The zero-order chi connectivity index (χ0) is 20.5. The minimum Gasteiger partial charge on any atom is -0.350 e. The highest BCUT2D eigenvalue weighted by Crippen LogP contribution is 2.27. The first-order chi connectivity index (χ1) is 14.7. The van der Waals surface area contributed by atoms with E-state index in [1.807, 2.05) is 28.9 Å². The lowest BCUT2D eigenvalue weighted by Crippen LogP contribution is -2.26. The van der Waals surface area contributed by atoms with E-state index in [1.165, 1.54) is 22.6 Å². The molecule has 0 saturated carbocycles. The first kappa shape index (κ1) is 19.0. The second-order valence-electron chi connectivity index (χ2n) is 7.85. The molecule has 1 N–H and O–H groups in total. The molecule has 0 aliphatic heterocycles. The fourth-order valence-electron chi connectivity index (χ4n) is 4.00. The van der Waals surface area contributed by atoms with Crippen LogP contribution in [0.15, 0.2) is 48.5 Å². The largest absolute Gasteiger partial charge is 0.350 e. The van der Waals surface area contributed by atoms with E-state index in [9.17, 15) is 4.79 Å². The Labute approximate surface area is 179 Å². The molecular weight excluding hydrogens is 392 g/mol. The Bertz CT molecular complexity index is 1180. The van der Waals surface area contributed by atoms with Crippen molar-refractivity contribution in [1.29, 1.82) is 0 Å². The summed E-state index contributed by atoms with van der Waals surface area (Å²) < 4.78 is 1.92. The van der Waals surface area contributed by atoms with Gasteiger partial charge in [-0.05, 0) is 37.8 Å². The van der Waals surface area contributed by atoms with Gasteiger partial charge in [-0.25, -0.2) is 4.98 Å². The second kappa shape index (κ2) is 8.03. The SMILES string of the molecule is Cc1ccc(Cn2nc(C(=O)NCCc3nc4c(s3)CCC4)c3ccccc32)cc1. The van der Waals surface area contributed by atoms with E-state index in [4.69, 9.17) is 4.98 Å². The first-order valence-corrected chi connectivity index (χ1v) is 11.3. The maximum absolute atomic E-state index is 12.9. The Morgan fingerprint density at radius 1 is 1.13 bits per heavy atom. The average Bonchev–Trinajstić information content (AvgIpc) is 3.44. The summed E-state index contributed by atoms with van der Waals surface area (Å²) in [6, 6.07) is 16.3. The van der Waals surface area contributed by atoms with Gasteiger partial charge in [0, 0.05) is 23.2 Å². The number of rotatable bonds is 6. The summed E-state index contributed by atoms with van der Waals surface area (Å²) in [6.45, 7) is 3.29. The van der Waals surface area contributed by atoms with E-state index < -0.39 is 0 Å². The van der Waals surface area contributed by atoms with Gasteiger partial charge >= 0.3 is 0 Å². The molecule has 152 valence electrons. The van der Waals surface area contributed by atoms with Crippen LogP contribution >= 0.6 is 11.3 Å². The molecule has 5 rings (SSSR count). The van der Waals surface area contributed by atoms with Crippen LogP contribution in [0.25, 0.3) is 10.9 Å². The summed E-state index contributed by atoms with van der Waals surface area (Å²) in [6.07, 6.45) is 4.25. The lowest BCUT2D eigenvalue weighted by molar-refractivity contribution is 0.0950. The third-order valence-corrected chi connectivity index (χ3v) is 6.81. The van der Waals surface area contributed by atoms with Gasteiger partial charge in [-0.1, -0.05) is 48.0 Å². The van der Waals surface area contributed by atoms with E-state index >= 15 is 0 Å². The number of thiazole rings is 1. The summed E-state index contributed by atoms with van der Waals surface area (Å²) >= 11 is 1.80. The Morgan fingerprint density at radius 3 is 2.80 bits per heavy atom. The number of hydrogen-bond acceptors (Lipinski definition) is 4. The molecule has 2 heterocycles. The highest BCUT2D eigenvalue weighted by molar-refractivity contribution is 7.11. The summed E-state index contributed by atoms with van der Waals surface area (Å²) in [7, 11) is 0. The molecule has 0 bridgehead atoms. The fraction of sp³-hybridized carbons (Fsp3) is 0.292. The second-order valence-corrected chi connectivity index (χ2v) is 9.01. The summed E-state index contributed by atoms with van der Waals surface area (Å²) in [5, 5.41) is 9.71. The zero-order valence-corrected chi connectivity index (χ0v) is 17.8. The molecule has 0 radical (unpaired) electrons. The van der Waals surface area contributed by atoms with E-state index in [0.29, 0.717) is 18.8 Å². The van der Waals surface area contributed by atoms with Crippen molar-refractivity contribution in [2.24, 2.45) is 0 Å². The number of carbonyl (C=O) groups excluding carboxylic acids is 1. The van der Waals surface area contributed by atoms with Crippen LogP contribution in [0.4, 0.5) is 0 Å². The summed E-state index contributed by atoms with van der Waals surface area (Å²) in [5.74, 6) is -0.127. The van der Waals surface area contributed by atoms with Crippen molar-refractivity contribution >= 4 is 28.1 Å². The minimum absolute atomic E-state index is 0.127. The maximum Gasteiger partial charge on any atom is 0.272 e. The number of carbonyl (C=O) groups is 1. The molecule has 0 unspecified atom stereocenters. The van der Waals surface area contributed by atoms with Gasteiger partial charge in [0.15, 0.2) is 5.69 Å². The van der Waals surface area contributed by atoms with Crippen molar-refractivity contribution in [3.05, 3.63) is 80.9 Å². The first-order valence-electron chi connectivity index (χ1n) is 10.4. The summed E-state index contributed by atoms with van der Waals surface area (Å²) in [5.41, 5.74) is 5.12. The minimum atomic E-state index is -0.127. The molecule has 2 aromatic heterocycles. The van der Waals surface area contributed by atoms with Gasteiger partial charge in [0.2, 0.25) is 0 Å². The fourth-order valence-corrected chi connectivity index (χ4v) is 5.16. The van der Waals surface area contributed by atoms with Gasteiger partial charge in [-0.2, -0.15) is 5.10 Å². The molecule has 1 aliphatic rings. The lowest BCUT2D eigenvalue weighted by atomic mass is 10.1. The molecule has 1 aliphatic carbocycles. The van der Waals surface area contributed by atoms with E-state index in [-0.39, 0.29) is 5.91 Å². The van der Waals surface area contributed by atoms with E-state index in [2.05, 4.69) is 41.6 Å². The number of hydrogen-bond donors (Lipinski definition) is 1. The molecule has 0 atom stereocenters. The Hall–Kier alpha value is -2.99. The molecule has 0 saturated heterocycles. The number of nitrogens with zero attached hydrogens (tertiary/aromatic N) is 3. The molecule has 1 amide bonds. The van der Waals surface area contributed by atoms with Crippen molar-refractivity contribution < 1.29 is 4.79 Å². The van der Waals surface area contributed by atoms with Crippen molar-refractivity contribution in [2.75, 3.05) is 6.54 Å². The molecular formula is C24H24N4OS. The third-order valence-electron chi connectivity index (χ3n) is 5.59. The van der Waals surface area contributed by atoms with Gasteiger partial charge in [-0.3, -0.25) is 9.48 Å². The topological polar surface area (TPSA) is 59.8 Å². The number of para-hydroxylation sites is 1. The normalized spacial score (nSPS) is 13.0. The van der Waals surface area contributed by atoms with Crippen molar-refractivity contribution in [3.63, 3.8) is 0 Å². The monoisotopic (exact) mass is 416 g/mol. The van der Waals surface area contributed by atoms with Crippen LogP contribution in [-0.4, -0.2) is 27.2 Å². The predicted octanol–water partition coefficient (Wildman–Crippen LogP) is 4.31. The number of fused-ring (bicyclic) bond motifs is 2. The zero-order valence-electron chi connectivity index (χ0n) is 17.0. The van der Waals surface area contributed by atoms with Crippen LogP contribution in [-0.2, 0) is 25.8 Å². The Balaban J connectivity index is 1.31. The van der Waals surface area contributed by atoms with Gasteiger partial charge in [-0.15, -0.1) is 11.3 Å². The highest BCUT2D eigenvalue weighted by atomic mass is 32.1. The van der Waals surface area contributed by atoms with Gasteiger partial charge in [0.05, 0.1) is 22.8 Å². The maximum atomic E-state index is 12.9. The van der Waals surface area contributed by atoms with Crippen LogP contribution in [0.5, 0.6) is 0 Å². The van der Waals surface area contributed by atoms with Gasteiger partial charge < -0.3 is 5.32 Å². The molecule has 4 aromatic rings. The summed E-state index contributed by atoms with van der Waals surface area (Å²) in [4.78, 5) is 19.0. The number of aromatic nitrogens is 3. The van der Waals surface area contributed by atoms with Crippen molar-refractivity contribution in [3.8, 4) is 0 Å². The molecule has 0 fully saturated rings. The van der Waals surface area contributed by atoms with Crippen molar-refractivity contribution in [1.82, 2.24) is 20.1 Å². The Kier molecular flexibility index (Phi) is 5.09. The van der Waals surface area contributed by atoms with Crippen LogP contribution in [0.2, 0.25) is 0 Å². The van der Waals surface area contributed by atoms with Crippen molar-refractivity contribution in [2.45, 2.75) is 39.2 Å². The van der Waals surface area contributed by atoms with Crippen LogP contribution in [0, 0.1) is 6.92 Å². The molecule has 5 nitrogen and oxygen atoms in total. The van der Waals surface area contributed by atoms with Gasteiger partial charge in [0.1, 0.15) is 0 Å². The molecule has 2 aromatic carbocycles.